The standard InChI is InChI=1S/C76H104O11/c1-3-5-12-18-56-21-25-58(26-22-56)60-29-31-61(32-30-60)63-41-47-69(48-42-63)85-75(80)66-39-37-64(38-40-66)73(78)84-55-17-11-14-20-72(77)83-54-16-10-8-7-9-15-53-82-68-45-43-67(44-46-68)76(81)87-71-51-49-70(50-52-71)86-74(79)65-35-33-62(34-36-65)59-27-23-57(24-28-59)19-13-6-4-2/h29-32,41-52,56-59,62,64-66H,3-28,33-40,53-55H2,1-2H3. The lowest BCUT2D eigenvalue weighted by Gasteiger charge is -2.37. The van der Waals surface area contributed by atoms with Gasteiger partial charge in [-0.2, -0.15) is 0 Å². The van der Waals surface area contributed by atoms with E-state index in [1.54, 1.807) is 48.5 Å². The fourth-order valence-electron chi connectivity index (χ4n) is 14.2. The third-order valence-corrected chi connectivity index (χ3v) is 19.8. The van der Waals surface area contributed by atoms with Crippen LogP contribution in [-0.2, 0) is 28.7 Å². The predicted molar refractivity (Wildman–Crippen MR) is 344 cm³/mol. The first kappa shape index (κ1) is 67.0. The normalized spacial score (nSPS) is 22.1. The lowest BCUT2D eigenvalue weighted by atomic mass is 9.68. The highest BCUT2D eigenvalue weighted by atomic mass is 16.6. The molecule has 0 aromatic heterocycles. The summed E-state index contributed by atoms with van der Waals surface area (Å²) in [5, 5.41) is 0. The van der Waals surface area contributed by atoms with Crippen LogP contribution >= 0.6 is 0 Å². The average Bonchev–Trinajstić information content (AvgIpc) is 3.69. The fraction of sp³-hybridized carbons (Fsp3) is 0.618. The van der Waals surface area contributed by atoms with Gasteiger partial charge in [0.15, 0.2) is 0 Å². The maximum absolute atomic E-state index is 13.1. The molecule has 4 aromatic carbocycles. The molecule has 0 amide bonds. The van der Waals surface area contributed by atoms with Gasteiger partial charge in [-0.3, -0.25) is 19.2 Å². The van der Waals surface area contributed by atoms with Crippen LogP contribution in [0.3, 0.4) is 0 Å². The summed E-state index contributed by atoms with van der Waals surface area (Å²) in [7, 11) is 0. The van der Waals surface area contributed by atoms with E-state index in [0.29, 0.717) is 99.2 Å². The van der Waals surface area contributed by atoms with Crippen molar-refractivity contribution < 1.29 is 52.4 Å². The highest BCUT2D eigenvalue weighted by Gasteiger charge is 2.35. The number of carbonyl (C=O) groups excluding carboxylic acids is 5. The molecule has 0 bridgehead atoms. The number of hydrogen-bond donors (Lipinski definition) is 0. The van der Waals surface area contributed by atoms with Crippen molar-refractivity contribution in [2.24, 2.45) is 41.4 Å². The van der Waals surface area contributed by atoms with E-state index in [4.69, 9.17) is 28.4 Å². The van der Waals surface area contributed by atoms with Crippen LogP contribution in [0.15, 0.2) is 97.1 Å². The topological polar surface area (TPSA) is 141 Å². The first-order chi connectivity index (χ1) is 42.6. The van der Waals surface area contributed by atoms with E-state index in [1.165, 1.54) is 108 Å². The van der Waals surface area contributed by atoms with E-state index in [0.717, 1.165) is 105 Å². The van der Waals surface area contributed by atoms with Gasteiger partial charge >= 0.3 is 29.8 Å². The number of esters is 5. The zero-order valence-electron chi connectivity index (χ0n) is 53.0. The molecule has 4 aliphatic carbocycles. The summed E-state index contributed by atoms with van der Waals surface area (Å²) in [6.07, 6.45) is 36.6. The van der Waals surface area contributed by atoms with Gasteiger partial charge < -0.3 is 28.4 Å². The highest BCUT2D eigenvalue weighted by molar-refractivity contribution is 5.91. The van der Waals surface area contributed by atoms with Crippen LogP contribution in [0.1, 0.15) is 254 Å². The van der Waals surface area contributed by atoms with E-state index < -0.39 is 5.97 Å². The monoisotopic (exact) mass is 1190 g/mol. The molecular weight excluding hydrogens is 1090 g/mol. The molecular formula is C76H104O11. The van der Waals surface area contributed by atoms with Gasteiger partial charge in [0.25, 0.3) is 0 Å². The molecule has 8 rings (SSSR count). The maximum Gasteiger partial charge on any atom is 0.343 e. The molecule has 0 saturated heterocycles. The summed E-state index contributed by atoms with van der Waals surface area (Å²) < 4.78 is 34.2. The van der Waals surface area contributed by atoms with Gasteiger partial charge in [0, 0.05) is 6.42 Å². The molecule has 0 unspecified atom stereocenters. The van der Waals surface area contributed by atoms with Gasteiger partial charge in [-0.15, -0.1) is 0 Å². The number of hydrogen-bond acceptors (Lipinski definition) is 11. The largest absolute Gasteiger partial charge is 0.494 e. The summed E-state index contributed by atoms with van der Waals surface area (Å²) in [6.45, 7) is 5.89. The van der Waals surface area contributed by atoms with Crippen molar-refractivity contribution in [1.82, 2.24) is 0 Å². The summed E-state index contributed by atoms with van der Waals surface area (Å²) in [6, 6.07) is 30.5. The number of unbranched alkanes of at least 4 members (excludes halogenated alkanes) is 11. The van der Waals surface area contributed by atoms with Gasteiger partial charge in [-0.25, -0.2) is 4.79 Å². The molecule has 4 fully saturated rings. The smallest absolute Gasteiger partial charge is 0.343 e. The predicted octanol–water partition coefficient (Wildman–Crippen LogP) is 19.3. The molecule has 0 heterocycles. The summed E-state index contributed by atoms with van der Waals surface area (Å²) >= 11 is 0. The molecule has 474 valence electrons. The first-order valence-corrected chi connectivity index (χ1v) is 34.6. The Balaban J connectivity index is 0.575. The average molecular weight is 1190 g/mol. The molecule has 0 radical (unpaired) electrons. The van der Waals surface area contributed by atoms with E-state index in [1.807, 2.05) is 24.3 Å². The molecule has 4 aliphatic rings. The van der Waals surface area contributed by atoms with Crippen molar-refractivity contribution in [3.63, 3.8) is 0 Å². The van der Waals surface area contributed by atoms with Crippen molar-refractivity contribution in [2.75, 3.05) is 19.8 Å². The first-order valence-electron chi connectivity index (χ1n) is 34.6. The number of benzene rings is 4. The molecule has 0 N–H and O–H groups in total. The Kier molecular flexibility index (Phi) is 28.6. The Morgan fingerprint density at radius 3 is 1.32 bits per heavy atom. The van der Waals surface area contributed by atoms with Gasteiger partial charge in [0.2, 0.25) is 0 Å². The quantitative estimate of drug-likeness (QED) is 0.0251. The Morgan fingerprint density at radius 1 is 0.368 bits per heavy atom. The Labute approximate surface area is 521 Å². The van der Waals surface area contributed by atoms with Crippen LogP contribution in [0.4, 0.5) is 0 Å². The Bertz CT molecular complexity index is 2630. The molecule has 11 heteroatoms. The van der Waals surface area contributed by atoms with Crippen molar-refractivity contribution in [1.29, 1.82) is 0 Å². The van der Waals surface area contributed by atoms with Crippen molar-refractivity contribution in [3.8, 4) is 34.1 Å². The second kappa shape index (κ2) is 37.1. The third-order valence-electron chi connectivity index (χ3n) is 19.8. The van der Waals surface area contributed by atoms with Crippen molar-refractivity contribution >= 4 is 29.8 Å². The molecule has 0 aliphatic heterocycles. The summed E-state index contributed by atoms with van der Waals surface area (Å²) in [5.74, 6) is 4.42. The van der Waals surface area contributed by atoms with Crippen LogP contribution in [0.25, 0.3) is 11.1 Å². The van der Waals surface area contributed by atoms with Gasteiger partial charge in [0.05, 0.1) is 43.1 Å². The number of rotatable bonds is 34. The molecule has 4 saturated carbocycles. The molecule has 0 atom stereocenters. The van der Waals surface area contributed by atoms with Gasteiger partial charge in [0.1, 0.15) is 23.0 Å². The fourth-order valence-corrected chi connectivity index (χ4v) is 14.2. The molecule has 0 spiro atoms. The van der Waals surface area contributed by atoms with Crippen molar-refractivity contribution in [2.45, 2.75) is 238 Å². The van der Waals surface area contributed by atoms with E-state index >= 15 is 0 Å². The van der Waals surface area contributed by atoms with Crippen molar-refractivity contribution in [3.05, 3.63) is 108 Å². The van der Waals surface area contributed by atoms with E-state index in [9.17, 15) is 24.0 Å². The molecule has 4 aromatic rings. The summed E-state index contributed by atoms with van der Waals surface area (Å²) in [5.41, 5.74) is 4.13. The summed E-state index contributed by atoms with van der Waals surface area (Å²) in [4.78, 5) is 64.2. The SMILES string of the molecule is CCCCCC1CCC(c2ccc(-c3ccc(OC(=O)C4CCC(C(=O)OCCCCCC(=O)OCCCCCCCCOc5ccc(C(=O)Oc6ccc(OC(=O)C7CCC(C8CCC(CCCCC)CC8)CC7)cc6)cc5)CC4)cc3)cc2)CC1. The van der Waals surface area contributed by atoms with Gasteiger partial charge in [-0.05, 0) is 229 Å². The van der Waals surface area contributed by atoms with Crippen LogP contribution in [-0.4, -0.2) is 49.7 Å². The van der Waals surface area contributed by atoms with E-state index in [2.05, 4.69) is 38.1 Å². The van der Waals surface area contributed by atoms with Crippen LogP contribution < -0.4 is 18.9 Å². The zero-order chi connectivity index (χ0) is 60.8. The second-order valence-corrected chi connectivity index (χ2v) is 26.2. The van der Waals surface area contributed by atoms with Crippen LogP contribution in [0.5, 0.6) is 23.0 Å². The maximum atomic E-state index is 13.1. The minimum Gasteiger partial charge on any atom is -0.494 e. The second-order valence-electron chi connectivity index (χ2n) is 26.2. The van der Waals surface area contributed by atoms with E-state index in [-0.39, 0.29) is 41.6 Å². The Hall–Kier alpha value is -5.97. The molecule has 87 heavy (non-hydrogen) atoms. The molecule has 11 nitrogen and oxygen atoms in total. The lowest BCUT2D eigenvalue weighted by molar-refractivity contribution is -0.152. The Morgan fingerprint density at radius 2 is 0.782 bits per heavy atom. The number of carbonyl (C=O) groups is 5. The minimum absolute atomic E-state index is 0.0548. The third kappa shape index (κ3) is 22.9. The minimum atomic E-state index is -0.474. The van der Waals surface area contributed by atoms with Crippen LogP contribution in [0.2, 0.25) is 0 Å². The highest BCUT2D eigenvalue weighted by Crippen LogP contribution is 2.43. The zero-order valence-corrected chi connectivity index (χ0v) is 53.0. The van der Waals surface area contributed by atoms with Crippen LogP contribution in [0, 0.1) is 41.4 Å². The lowest BCUT2D eigenvalue weighted by Crippen LogP contribution is -2.30. The number of ether oxygens (including phenoxy) is 6. The van der Waals surface area contributed by atoms with Gasteiger partial charge in [-0.1, -0.05) is 140 Å².